The highest BCUT2D eigenvalue weighted by atomic mass is 16.4. The molecule has 0 aliphatic carbocycles. The van der Waals surface area contributed by atoms with Crippen molar-refractivity contribution in [3.63, 3.8) is 0 Å². The summed E-state index contributed by atoms with van der Waals surface area (Å²) in [5.41, 5.74) is 5.44. The Morgan fingerprint density at radius 1 is 1.44 bits per heavy atom. The molecule has 16 heavy (non-hydrogen) atoms. The number of hydrogen-bond donors (Lipinski definition) is 1. The van der Waals surface area contributed by atoms with Crippen LogP contribution in [-0.4, -0.2) is 35.2 Å². The van der Waals surface area contributed by atoms with Crippen LogP contribution in [0.15, 0.2) is 27.2 Å². The van der Waals surface area contributed by atoms with Crippen LogP contribution >= 0.6 is 0 Å². The fraction of sp³-hybridized carbons (Fsp3) is 0.400. The highest BCUT2D eigenvalue weighted by Crippen LogP contribution is 2.18. The van der Waals surface area contributed by atoms with Gasteiger partial charge in [-0.15, -0.1) is 10.2 Å². The molecule has 0 saturated heterocycles. The molecule has 2 rings (SSSR count). The maximum atomic E-state index is 5.45. The Morgan fingerprint density at radius 3 is 3.00 bits per heavy atom. The van der Waals surface area contributed by atoms with E-state index in [1.807, 2.05) is 11.9 Å². The molecule has 2 N–H and O–H groups in total. The average molecular weight is 222 g/mol. The van der Waals surface area contributed by atoms with Gasteiger partial charge >= 0.3 is 0 Å². The zero-order valence-electron chi connectivity index (χ0n) is 9.09. The number of nitrogens with zero attached hydrogens (tertiary/aromatic N) is 3. The van der Waals surface area contributed by atoms with E-state index in [4.69, 9.17) is 14.6 Å². The molecule has 0 atom stereocenters. The van der Waals surface area contributed by atoms with Gasteiger partial charge in [0.25, 0.3) is 5.89 Å². The minimum Gasteiger partial charge on any atom is -0.459 e. The number of aromatic nitrogens is 2. The Morgan fingerprint density at radius 2 is 2.31 bits per heavy atom. The lowest BCUT2D eigenvalue weighted by molar-refractivity contribution is 0.296. The van der Waals surface area contributed by atoms with Gasteiger partial charge in [-0.1, -0.05) is 0 Å². The van der Waals surface area contributed by atoms with Crippen LogP contribution in [0.25, 0.3) is 11.7 Å². The van der Waals surface area contributed by atoms with E-state index < -0.39 is 0 Å². The Kier molecular flexibility index (Phi) is 3.33. The van der Waals surface area contributed by atoms with Crippen LogP contribution in [0.3, 0.4) is 0 Å². The van der Waals surface area contributed by atoms with Crippen molar-refractivity contribution in [2.75, 3.05) is 20.1 Å². The third kappa shape index (κ3) is 2.47. The van der Waals surface area contributed by atoms with E-state index in [1.54, 1.807) is 18.4 Å². The van der Waals surface area contributed by atoms with Gasteiger partial charge in [-0.2, -0.15) is 0 Å². The van der Waals surface area contributed by atoms with Gasteiger partial charge in [0.05, 0.1) is 12.8 Å². The zero-order valence-corrected chi connectivity index (χ0v) is 9.09. The summed E-state index contributed by atoms with van der Waals surface area (Å²) in [6.07, 6.45) is 1.57. The highest BCUT2D eigenvalue weighted by molar-refractivity contribution is 5.42. The topological polar surface area (TPSA) is 81.3 Å². The third-order valence-electron chi connectivity index (χ3n) is 2.11. The largest absolute Gasteiger partial charge is 0.459 e. The van der Waals surface area contributed by atoms with Gasteiger partial charge in [-0.3, -0.25) is 4.90 Å². The van der Waals surface area contributed by atoms with Crippen molar-refractivity contribution in [3.05, 3.63) is 24.3 Å². The van der Waals surface area contributed by atoms with Crippen LogP contribution in [0.2, 0.25) is 0 Å². The lowest BCUT2D eigenvalue weighted by Gasteiger charge is -2.11. The van der Waals surface area contributed by atoms with E-state index in [-0.39, 0.29) is 0 Å². The van der Waals surface area contributed by atoms with Crippen LogP contribution in [0, 0.1) is 0 Å². The maximum absolute atomic E-state index is 5.45. The second-order valence-electron chi connectivity index (χ2n) is 3.50. The van der Waals surface area contributed by atoms with Crippen molar-refractivity contribution < 1.29 is 8.83 Å². The van der Waals surface area contributed by atoms with E-state index in [2.05, 4.69) is 10.2 Å². The Hall–Kier alpha value is -1.66. The molecule has 2 heterocycles. The van der Waals surface area contributed by atoms with Crippen LogP contribution in [-0.2, 0) is 6.54 Å². The first-order valence-electron chi connectivity index (χ1n) is 5.04. The summed E-state index contributed by atoms with van der Waals surface area (Å²) in [5.74, 6) is 1.55. The number of rotatable bonds is 5. The molecule has 2 aromatic heterocycles. The maximum Gasteiger partial charge on any atom is 0.283 e. The minimum absolute atomic E-state index is 0.404. The fourth-order valence-electron chi connectivity index (χ4n) is 1.35. The summed E-state index contributed by atoms with van der Waals surface area (Å²) >= 11 is 0. The fourth-order valence-corrected chi connectivity index (χ4v) is 1.35. The number of hydrogen-bond acceptors (Lipinski definition) is 6. The van der Waals surface area contributed by atoms with E-state index in [0.717, 1.165) is 6.54 Å². The van der Waals surface area contributed by atoms with Crippen molar-refractivity contribution in [2.24, 2.45) is 5.73 Å². The van der Waals surface area contributed by atoms with Gasteiger partial charge in [-0.25, -0.2) is 0 Å². The monoisotopic (exact) mass is 222 g/mol. The normalized spacial score (nSPS) is 11.2. The Balaban J connectivity index is 2.03. The van der Waals surface area contributed by atoms with Crippen LogP contribution in [0.4, 0.5) is 0 Å². The van der Waals surface area contributed by atoms with Crippen LogP contribution in [0.1, 0.15) is 5.89 Å². The second-order valence-corrected chi connectivity index (χ2v) is 3.50. The molecule has 0 aliphatic rings. The summed E-state index contributed by atoms with van der Waals surface area (Å²) in [7, 11) is 1.95. The van der Waals surface area contributed by atoms with Crippen LogP contribution < -0.4 is 5.73 Å². The molecule has 0 saturated carbocycles. The molecule has 6 nitrogen and oxygen atoms in total. The molecule has 0 amide bonds. The van der Waals surface area contributed by atoms with E-state index in [0.29, 0.717) is 30.6 Å². The number of nitrogens with two attached hydrogens (primary N) is 1. The van der Waals surface area contributed by atoms with E-state index >= 15 is 0 Å². The van der Waals surface area contributed by atoms with Crippen molar-refractivity contribution in [3.8, 4) is 11.7 Å². The van der Waals surface area contributed by atoms with Gasteiger partial charge in [-0.05, 0) is 19.2 Å². The first kappa shape index (κ1) is 10.8. The first-order chi connectivity index (χ1) is 7.79. The molecule has 0 radical (unpaired) electrons. The van der Waals surface area contributed by atoms with Crippen molar-refractivity contribution in [1.82, 2.24) is 15.1 Å². The number of furan rings is 1. The number of likely N-dealkylation sites (N-methyl/N-ethyl adjacent to an activating group) is 1. The summed E-state index contributed by atoms with van der Waals surface area (Å²) in [4.78, 5) is 2.01. The van der Waals surface area contributed by atoms with E-state index in [9.17, 15) is 0 Å². The molecule has 0 aliphatic heterocycles. The second kappa shape index (κ2) is 4.91. The van der Waals surface area contributed by atoms with Gasteiger partial charge < -0.3 is 14.6 Å². The summed E-state index contributed by atoms with van der Waals surface area (Å²) in [5, 5.41) is 7.84. The van der Waals surface area contributed by atoms with Crippen molar-refractivity contribution in [2.45, 2.75) is 6.54 Å². The van der Waals surface area contributed by atoms with Crippen LogP contribution in [0.5, 0.6) is 0 Å². The molecule has 0 spiro atoms. The van der Waals surface area contributed by atoms with Crippen molar-refractivity contribution in [1.29, 1.82) is 0 Å². The summed E-state index contributed by atoms with van der Waals surface area (Å²) < 4.78 is 10.6. The first-order valence-corrected chi connectivity index (χ1v) is 5.04. The molecular formula is C10H14N4O2. The molecule has 0 fully saturated rings. The molecule has 0 aromatic carbocycles. The average Bonchev–Trinajstić information content (AvgIpc) is 2.86. The minimum atomic E-state index is 0.404. The van der Waals surface area contributed by atoms with Gasteiger partial charge in [0.15, 0.2) is 5.76 Å². The van der Waals surface area contributed by atoms with Crippen molar-refractivity contribution >= 4 is 0 Å². The predicted octanol–water partition coefficient (Wildman–Crippen LogP) is 0.720. The highest BCUT2D eigenvalue weighted by Gasteiger charge is 2.11. The zero-order chi connectivity index (χ0) is 11.4. The van der Waals surface area contributed by atoms with Gasteiger partial charge in [0.1, 0.15) is 0 Å². The summed E-state index contributed by atoms with van der Waals surface area (Å²) in [6.45, 7) is 1.99. The quantitative estimate of drug-likeness (QED) is 0.802. The van der Waals surface area contributed by atoms with E-state index in [1.165, 1.54) is 0 Å². The smallest absolute Gasteiger partial charge is 0.283 e. The summed E-state index contributed by atoms with van der Waals surface area (Å²) in [6, 6.07) is 3.56. The SMILES string of the molecule is CN(CCN)Cc1nnc(-c2ccco2)o1. The molecule has 6 heteroatoms. The third-order valence-corrected chi connectivity index (χ3v) is 2.11. The van der Waals surface area contributed by atoms with Gasteiger partial charge in [0, 0.05) is 13.1 Å². The lowest BCUT2D eigenvalue weighted by Crippen LogP contribution is -2.25. The molecule has 2 aromatic rings. The lowest BCUT2D eigenvalue weighted by atomic mass is 10.4. The predicted molar refractivity (Wildman–Crippen MR) is 57.4 cm³/mol. The molecular weight excluding hydrogens is 208 g/mol. The Bertz CT molecular complexity index is 424. The molecule has 0 unspecified atom stereocenters. The standard InChI is InChI=1S/C10H14N4O2/c1-14(5-4-11)7-9-12-13-10(16-9)8-3-2-6-15-8/h2-3,6H,4-5,7,11H2,1H3. The molecule has 86 valence electrons. The van der Waals surface area contributed by atoms with Gasteiger partial charge in [0.2, 0.25) is 5.89 Å². The molecule has 0 bridgehead atoms. The Labute approximate surface area is 93.0 Å².